The molecule has 0 bridgehead atoms. The molecule has 0 aromatic heterocycles. The van der Waals surface area contributed by atoms with E-state index in [0.717, 1.165) is 5.56 Å². The fourth-order valence-electron chi connectivity index (χ4n) is 3.81. The van der Waals surface area contributed by atoms with Crippen molar-refractivity contribution in [2.24, 2.45) is 27.9 Å². The Morgan fingerprint density at radius 1 is 0.875 bits per heavy atom. The summed E-state index contributed by atoms with van der Waals surface area (Å²) in [6.07, 6.45) is 4.29. The van der Waals surface area contributed by atoms with Crippen LogP contribution in [0, 0.1) is 0 Å². The van der Waals surface area contributed by atoms with Gasteiger partial charge in [0.15, 0.2) is 5.96 Å². The van der Waals surface area contributed by atoms with E-state index in [1.165, 1.54) is 11.8 Å². The Hall–Kier alpha value is -3.36. The van der Waals surface area contributed by atoms with Crippen molar-refractivity contribution < 1.29 is 24.3 Å². The summed E-state index contributed by atoms with van der Waals surface area (Å²) in [4.78, 5) is 54.8. The monoisotopic (exact) mass is 580 g/mol. The van der Waals surface area contributed by atoms with Gasteiger partial charge in [0.25, 0.3) is 0 Å². The van der Waals surface area contributed by atoms with E-state index < -0.39 is 47.9 Å². The normalized spacial score (nSPS) is 13.8. The maximum absolute atomic E-state index is 13.3. The predicted octanol–water partition coefficient (Wildman–Crippen LogP) is -0.969. The lowest BCUT2D eigenvalue weighted by Gasteiger charge is -2.25. The van der Waals surface area contributed by atoms with E-state index in [2.05, 4.69) is 20.9 Å². The van der Waals surface area contributed by atoms with Crippen molar-refractivity contribution in [1.29, 1.82) is 0 Å². The second-order valence-electron chi connectivity index (χ2n) is 9.33. The Morgan fingerprint density at radius 2 is 1.45 bits per heavy atom. The topological polar surface area (TPSA) is 241 Å². The molecule has 3 amide bonds. The van der Waals surface area contributed by atoms with E-state index in [1.54, 1.807) is 0 Å². The number of hydrogen-bond acceptors (Lipinski definition) is 8. The molecule has 4 atom stereocenters. The van der Waals surface area contributed by atoms with Gasteiger partial charge >= 0.3 is 5.97 Å². The minimum atomic E-state index is -1.22. The van der Waals surface area contributed by atoms with Crippen molar-refractivity contribution >= 4 is 41.4 Å². The SMILES string of the molecule is CSCCC(NC(=O)C(N)Cc1ccccc1)C(=O)NC(CCCCN)C(=O)NC(CCCN=C(N)N)C(=O)O. The van der Waals surface area contributed by atoms with E-state index in [9.17, 15) is 24.3 Å². The summed E-state index contributed by atoms with van der Waals surface area (Å²) < 4.78 is 0. The third-order valence-corrected chi connectivity index (χ3v) is 6.66. The van der Waals surface area contributed by atoms with E-state index in [1.807, 2.05) is 36.6 Å². The number of aliphatic carboxylic acids is 1. The fraction of sp³-hybridized carbons (Fsp3) is 0.577. The van der Waals surface area contributed by atoms with Gasteiger partial charge in [0, 0.05) is 6.54 Å². The lowest BCUT2D eigenvalue weighted by molar-refractivity contribution is -0.142. The quantitative estimate of drug-likeness (QED) is 0.0533. The summed E-state index contributed by atoms with van der Waals surface area (Å²) in [6, 6.07) is 5.27. The molecule has 1 aromatic carbocycles. The first-order valence-electron chi connectivity index (χ1n) is 13.3. The van der Waals surface area contributed by atoms with Gasteiger partial charge in [-0.05, 0) is 69.1 Å². The zero-order valence-corrected chi connectivity index (χ0v) is 23.8. The highest BCUT2D eigenvalue weighted by atomic mass is 32.2. The molecular formula is C26H44N8O5S. The van der Waals surface area contributed by atoms with E-state index in [-0.39, 0.29) is 25.3 Å². The van der Waals surface area contributed by atoms with Gasteiger partial charge in [-0.15, -0.1) is 0 Å². The first kappa shape index (κ1) is 34.7. The number of rotatable bonds is 20. The van der Waals surface area contributed by atoms with Crippen LogP contribution in [0.1, 0.15) is 44.1 Å². The molecule has 0 heterocycles. The Bertz CT molecular complexity index is 962. The first-order chi connectivity index (χ1) is 19.1. The van der Waals surface area contributed by atoms with E-state index >= 15 is 0 Å². The van der Waals surface area contributed by atoms with Crippen molar-refractivity contribution in [1.82, 2.24) is 16.0 Å². The van der Waals surface area contributed by atoms with Crippen LogP contribution >= 0.6 is 11.8 Å². The Balaban J connectivity index is 2.93. The number of nitrogens with one attached hydrogen (secondary N) is 3. The number of carbonyl (C=O) groups is 4. The Morgan fingerprint density at radius 3 is 2.02 bits per heavy atom. The lowest BCUT2D eigenvalue weighted by atomic mass is 10.0. The molecule has 0 aliphatic carbocycles. The molecule has 224 valence electrons. The summed E-state index contributed by atoms with van der Waals surface area (Å²) in [7, 11) is 0. The Labute approximate surface area is 239 Å². The highest BCUT2D eigenvalue weighted by Crippen LogP contribution is 2.08. The number of hydrogen-bond donors (Lipinski definition) is 8. The third-order valence-electron chi connectivity index (χ3n) is 6.02. The van der Waals surface area contributed by atoms with Crippen LogP contribution in [-0.2, 0) is 25.6 Å². The van der Waals surface area contributed by atoms with Gasteiger partial charge in [0.2, 0.25) is 17.7 Å². The molecule has 4 unspecified atom stereocenters. The molecule has 0 saturated heterocycles. The van der Waals surface area contributed by atoms with Crippen LogP contribution in [0.15, 0.2) is 35.3 Å². The summed E-state index contributed by atoms with van der Waals surface area (Å²) in [5, 5.41) is 17.5. The molecule has 0 saturated carbocycles. The zero-order valence-electron chi connectivity index (χ0n) is 23.0. The smallest absolute Gasteiger partial charge is 0.326 e. The number of aliphatic imine (C=N–C) groups is 1. The number of carboxylic acids is 1. The molecule has 0 aliphatic heterocycles. The second kappa shape index (κ2) is 19.7. The average Bonchev–Trinajstić information content (AvgIpc) is 2.92. The number of amides is 3. The third kappa shape index (κ3) is 14.1. The van der Waals surface area contributed by atoms with Crippen LogP contribution in [0.4, 0.5) is 0 Å². The highest BCUT2D eigenvalue weighted by Gasteiger charge is 2.30. The molecule has 40 heavy (non-hydrogen) atoms. The summed E-state index contributed by atoms with van der Waals surface area (Å²) >= 11 is 1.50. The van der Waals surface area contributed by atoms with Crippen molar-refractivity contribution in [2.45, 2.75) is 69.1 Å². The molecule has 1 rings (SSSR count). The number of nitrogens with two attached hydrogens (primary N) is 4. The van der Waals surface area contributed by atoms with Crippen molar-refractivity contribution in [3.63, 3.8) is 0 Å². The fourth-order valence-corrected chi connectivity index (χ4v) is 4.28. The van der Waals surface area contributed by atoms with Gasteiger partial charge in [0.1, 0.15) is 18.1 Å². The number of carboxylic acid groups (broad SMARTS) is 1. The first-order valence-corrected chi connectivity index (χ1v) is 14.7. The molecule has 0 aliphatic rings. The molecule has 0 fully saturated rings. The van der Waals surface area contributed by atoms with Crippen LogP contribution in [0.25, 0.3) is 0 Å². The number of nitrogens with zero attached hydrogens (tertiary/aromatic N) is 1. The molecule has 14 heteroatoms. The number of thioether (sulfide) groups is 1. The van der Waals surface area contributed by atoms with E-state index in [0.29, 0.717) is 44.4 Å². The van der Waals surface area contributed by atoms with Gasteiger partial charge in [-0.3, -0.25) is 19.4 Å². The Kier molecular flexibility index (Phi) is 17.0. The minimum Gasteiger partial charge on any atom is -0.480 e. The summed E-state index contributed by atoms with van der Waals surface area (Å²) in [6.45, 7) is 0.610. The van der Waals surface area contributed by atoms with Gasteiger partial charge in [-0.1, -0.05) is 30.3 Å². The maximum Gasteiger partial charge on any atom is 0.326 e. The highest BCUT2D eigenvalue weighted by molar-refractivity contribution is 7.98. The lowest BCUT2D eigenvalue weighted by Crippen LogP contribution is -2.57. The standard InChI is InChI=1S/C26H44N8O5S/c1-40-15-12-20(32-22(35)18(28)16-17-8-3-2-4-9-17)24(37)33-19(10-5-6-13-27)23(36)34-21(25(38)39)11-7-14-31-26(29)30/h2-4,8-9,18-21H,5-7,10-16,27-28H2,1H3,(H,32,35)(H,33,37)(H,34,36)(H,38,39)(H4,29,30,31). The molecular weight excluding hydrogens is 536 g/mol. The van der Waals surface area contributed by atoms with Crippen molar-refractivity contribution in [3.8, 4) is 0 Å². The number of carbonyl (C=O) groups excluding carboxylic acids is 3. The largest absolute Gasteiger partial charge is 0.480 e. The molecule has 0 spiro atoms. The molecule has 12 N–H and O–H groups in total. The van der Waals surface area contributed by atoms with Crippen molar-refractivity contribution in [2.75, 3.05) is 25.1 Å². The number of guanidine groups is 1. The van der Waals surface area contributed by atoms with Crippen LogP contribution in [0.5, 0.6) is 0 Å². The van der Waals surface area contributed by atoms with E-state index in [4.69, 9.17) is 22.9 Å². The van der Waals surface area contributed by atoms with Crippen LogP contribution < -0.4 is 38.9 Å². The molecule has 1 aromatic rings. The second-order valence-corrected chi connectivity index (χ2v) is 10.3. The number of unbranched alkanes of at least 4 members (excludes halogenated alkanes) is 1. The maximum atomic E-state index is 13.3. The van der Waals surface area contributed by atoms with Gasteiger partial charge in [0.05, 0.1) is 6.04 Å². The van der Waals surface area contributed by atoms with Crippen LogP contribution in [0.3, 0.4) is 0 Å². The molecule has 13 nitrogen and oxygen atoms in total. The number of benzene rings is 1. The summed E-state index contributed by atoms with van der Waals surface area (Å²) in [5.74, 6) is -2.43. The van der Waals surface area contributed by atoms with Gasteiger partial charge in [-0.25, -0.2) is 4.79 Å². The molecule has 0 radical (unpaired) electrons. The predicted molar refractivity (Wildman–Crippen MR) is 157 cm³/mol. The van der Waals surface area contributed by atoms with Crippen molar-refractivity contribution in [3.05, 3.63) is 35.9 Å². The minimum absolute atomic E-state index is 0.0903. The van der Waals surface area contributed by atoms with Crippen LogP contribution in [0.2, 0.25) is 0 Å². The van der Waals surface area contributed by atoms with Gasteiger partial charge in [-0.2, -0.15) is 11.8 Å². The van der Waals surface area contributed by atoms with Crippen LogP contribution in [-0.4, -0.2) is 84.0 Å². The zero-order chi connectivity index (χ0) is 29.9. The van der Waals surface area contributed by atoms with Gasteiger partial charge < -0.3 is 44.0 Å². The summed E-state index contributed by atoms with van der Waals surface area (Å²) in [5.41, 5.74) is 23.2. The average molecular weight is 581 g/mol.